The third-order valence-corrected chi connectivity index (χ3v) is 4.93. The maximum Gasteiger partial charge on any atom is 1.00 e. The normalized spacial score (nSPS) is 26.2. The molecule has 3 heterocycles. The number of ether oxygens (including phenoxy) is 1. The first-order chi connectivity index (χ1) is 13.7. The summed E-state index contributed by atoms with van der Waals surface area (Å²) in [7, 11) is 1.22. The summed E-state index contributed by atoms with van der Waals surface area (Å²) in [5, 5.41) is 19.7. The van der Waals surface area contributed by atoms with Gasteiger partial charge in [-0.15, -0.1) is 11.3 Å². The second-order valence-corrected chi connectivity index (χ2v) is 7.02. The number of hydroxylamine groups is 2. The molecule has 0 aliphatic carbocycles. The Kier molecular flexibility index (Phi) is 7.41. The number of aromatic nitrogens is 1. The van der Waals surface area contributed by atoms with Crippen LogP contribution in [0.15, 0.2) is 10.5 Å². The van der Waals surface area contributed by atoms with Gasteiger partial charge in [-0.25, -0.2) is 4.98 Å². The molecule has 3 rings (SSSR count). The van der Waals surface area contributed by atoms with Crippen molar-refractivity contribution in [1.29, 1.82) is 0 Å². The van der Waals surface area contributed by atoms with Crippen LogP contribution in [0.2, 0.25) is 0 Å². The summed E-state index contributed by atoms with van der Waals surface area (Å²) in [5.41, 5.74) is 3.04. The van der Waals surface area contributed by atoms with E-state index < -0.39 is 41.6 Å². The van der Waals surface area contributed by atoms with Gasteiger partial charge in [-0.1, -0.05) is 5.16 Å². The van der Waals surface area contributed by atoms with Crippen molar-refractivity contribution in [1.82, 2.24) is 15.4 Å². The zero-order valence-electron chi connectivity index (χ0n) is 16.2. The van der Waals surface area contributed by atoms with Crippen molar-refractivity contribution in [2.45, 2.75) is 37.6 Å². The summed E-state index contributed by atoms with van der Waals surface area (Å²) in [6.07, 6.45) is -1.56. The van der Waals surface area contributed by atoms with Crippen LogP contribution in [0.4, 0.5) is 5.13 Å². The number of nitrogens with one attached hydrogen (secondary N) is 1. The number of carboxylic acids is 1. The van der Waals surface area contributed by atoms with Gasteiger partial charge in [0.2, 0.25) is 0 Å². The number of carboxylic acid groups (broad SMARTS) is 1. The molecule has 3 atom stereocenters. The van der Waals surface area contributed by atoms with E-state index in [2.05, 4.69) is 20.3 Å². The van der Waals surface area contributed by atoms with Gasteiger partial charge in [0, 0.05) is 11.8 Å². The van der Waals surface area contributed by atoms with Crippen molar-refractivity contribution in [3.63, 3.8) is 0 Å². The number of amides is 2. The minimum atomic E-state index is -2.39. The molecule has 30 heavy (non-hydrogen) atoms. The number of esters is 1. The van der Waals surface area contributed by atoms with E-state index in [4.69, 9.17) is 15.3 Å². The van der Waals surface area contributed by atoms with E-state index in [1.165, 1.54) is 19.4 Å². The number of anilines is 1. The van der Waals surface area contributed by atoms with Crippen LogP contribution in [0, 0.1) is 0 Å². The number of nitrogens with two attached hydrogens (primary N) is 1. The quantitative estimate of drug-likeness (QED) is 0.184. The number of cyclic esters (lactones) is 1. The van der Waals surface area contributed by atoms with Crippen molar-refractivity contribution < 1.29 is 68.3 Å². The van der Waals surface area contributed by atoms with Gasteiger partial charge in [-0.3, -0.25) is 19.2 Å². The first-order valence-electron chi connectivity index (χ1n) is 8.27. The van der Waals surface area contributed by atoms with E-state index in [9.17, 15) is 24.3 Å². The summed E-state index contributed by atoms with van der Waals surface area (Å²) >= 11 is 1.07. The molecular weight excluding hydrogens is 433 g/mol. The van der Waals surface area contributed by atoms with Crippen LogP contribution in [0.3, 0.4) is 0 Å². The van der Waals surface area contributed by atoms with Crippen LogP contribution in [0.1, 0.15) is 25.5 Å². The van der Waals surface area contributed by atoms with Crippen molar-refractivity contribution in [2.75, 3.05) is 12.8 Å². The predicted molar refractivity (Wildman–Crippen MR) is 92.5 cm³/mol. The molecule has 15 heteroatoms. The number of thiazole rings is 1. The van der Waals surface area contributed by atoms with E-state index in [0.29, 0.717) is 5.06 Å². The number of aliphatic carboxylic acids is 1. The Morgan fingerprint density at radius 2 is 2.20 bits per heavy atom. The molecule has 0 aromatic carbocycles. The topological polar surface area (TPSA) is 186 Å². The summed E-state index contributed by atoms with van der Waals surface area (Å²) in [6.45, 7) is 1.43. The Morgan fingerprint density at radius 1 is 1.50 bits per heavy atom. The summed E-state index contributed by atoms with van der Waals surface area (Å²) in [6, 6.07) is -1.30. The Hall–Kier alpha value is -2.26. The van der Waals surface area contributed by atoms with Crippen LogP contribution < -0.4 is 45.7 Å². The molecule has 0 radical (unpaired) electrons. The third-order valence-electron chi connectivity index (χ3n) is 4.25. The van der Waals surface area contributed by atoms with Gasteiger partial charge in [0.1, 0.15) is 30.9 Å². The molecule has 2 fully saturated rings. The Balaban J connectivity index is 0.00000320. The van der Waals surface area contributed by atoms with Gasteiger partial charge >= 0.3 is 35.5 Å². The maximum absolute atomic E-state index is 12.8. The van der Waals surface area contributed by atoms with Gasteiger partial charge in [0.05, 0.1) is 6.42 Å². The Bertz CT molecular complexity index is 907. The number of nitrogens with zero attached hydrogens (tertiary/aromatic N) is 3. The molecule has 2 aliphatic rings. The molecule has 1 unspecified atom stereocenters. The minimum absolute atomic E-state index is 0. The molecule has 1 aromatic heterocycles. The van der Waals surface area contributed by atoms with E-state index >= 15 is 0 Å². The second kappa shape index (κ2) is 9.26. The molecule has 1 aromatic rings. The number of nitrogen functional groups attached to an aromatic ring is 1. The maximum atomic E-state index is 12.8. The fraction of sp³-hybridized carbons (Fsp3) is 0.467. The number of hydrogen-bond donors (Lipinski definition) is 2. The van der Waals surface area contributed by atoms with Crippen LogP contribution in [0.25, 0.3) is 0 Å². The predicted octanol–water partition coefficient (Wildman–Crippen LogP) is -5.49. The van der Waals surface area contributed by atoms with Crippen molar-refractivity contribution in [3.05, 3.63) is 11.1 Å². The molecule has 156 valence electrons. The van der Waals surface area contributed by atoms with Gasteiger partial charge < -0.3 is 30.5 Å². The van der Waals surface area contributed by atoms with E-state index in [1.54, 1.807) is 0 Å². The summed E-state index contributed by atoms with van der Waals surface area (Å²) < 4.78 is 4.82. The van der Waals surface area contributed by atoms with Crippen LogP contribution in [0.5, 0.6) is 0 Å². The summed E-state index contributed by atoms with van der Waals surface area (Å²) in [4.78, 5) is 62.4. The molecule has 3 N–H and O–H groups in total. The van der Waals surface area contributed by atoms with E-state index in [0.717, 1.165) is 11.3 Å². The van der Waals surface area contributed by atoms with Gasteiger partial charge in [-0.05, 0) is 6.92 Å². The Morgan fingerprint density at radius 3 is 2.70 bits per heavy atom. The summed E-state index contributed by atoms with van der Waals surface area (Å²) in [5.74, 6) is -4.39. The first kappa shape index (κ1) is 24.0. The molecule has 0 spiro atoms. The van der Waals surface area contributed by atoms with Gasteiger partial charge in [0.25, 0.3) is 17.5 Å². The average Bonchev–Trinajstić information content (AvgIpc) is 3.34. The number of rotatable bonds is 6. The van der Waals surface area contributed by atoms with Gasteiger partial charge in [-0.2, -0.15) is 5.06 Å². The number of oxime groups is 1. The molecule has 0 saturated carbocycles. The zero-order valence-corrected chi connectivity index (χ0v) is 19.1. The standard InChI is InChI=1S/C15H17N5O8S.Na/c1-6-9(18-11(22)10(19-26-2)7-5-29-14(16)17-7)12(23)20(28-6)15(13(24)25)4-3-8(21)27-15;/h5-6,9H,3-4H2,1-2H3,(H2,16,17)(H,18,22)(H,24,25);/q;+1/p-1/t6-,9-,15?;/m0./s1. The molecule has 0 bridgehead atoms. The fourth-order valence-corrected chi connectivity index (χ4v) is 3.43. The minimum Gasteiger partial charge on any atom is -0.544 e. The van der Waals surface area contributed by atoms with E-state index in [1.807, 2.05) is 0 Å². The molecular formula is C15H16N5NaO8S. The van der Waals surface area contributed by atoms with Crippen molar-refractivity contribution in [2.24, 2.45) is 5.16 Å². The van der Waals surface area contributed by atoms with Crippen molar-refractivity contribution >= 4 is 45.9 Å². The third kappa shape index (κ3) is 4.27. The second-order valence-electron chi connectivity index (χ2n) is 6.13. The first-order valence-corrected chi connectivity index (χ1v) is 9.15. The largest absolute Gasteiger partial charge is 1.00 e. The SMILES string of the molecule is CON=C(C(=O)N[C@@H]1C(=O)N(C2(C(=O)[O-])CCC(=O)O2)O[C@H]1C)c1csc(N)n1.[Na+]. The number of carbonyl (C=O) groups is 4. The average molecular weight is 449 g/mol. The monoisotopic (exact) mass is 449 g/mol. The fourth-order valence-electron chi connectivity index (χ4n) is 2.88. The number of carbonyl (C=O) groups excluding carboxylic acids is 4. The molecule has 2 saturated heterocycles. The number of hydrogen-bond acceptors (Lipinski definition) is 12. The van der Waals surface area contributed by atoms with Crippen LogP contribution in [-0.2, 0) is 33.6 Å². The van der Waals surface area contributed by atoms with Crippen LogP contribution >= 0.6 is 11.3 Å². The van der Waals surface area contributed by atoms with E-state index in [-0.39, 0.29) is 58.9 Å². The Labute approximate surface area is 195 Å². The smallest absolute Gasteiger partial charge is 0.544 e. The molecule has 2 aliphatic heterocycles. The van der Waals surface area contributed by atoms with Crippen LogP contribution in [-0.4, -0.2) is 64.5 Å². The van der Waals surface area contributed by atoms with Crippen molar-refractivity contribution in [3.8, 4) is 0 Å². The van der Waals surface area contributed by atoms with Gasteiger partial charge in [0.15, 0.2) is 10.8 Å². The molecule has 13 nitrogen and oxygen atoms in total. The molecule has 2 amide bonds. The zero-order chi connectivity index (χ0) is 21.3.